The first-order valence-electron chi connectivity index (χ1n) is 7.05. The maximum absolute atomic E-state index is 12.4. The van der Waals surface area contributed by atoms with Gasteiger partial charge in [-0.2, -0.15) is 13.9 Å². The maximum atomic E-state index is 12.4. The molecule has 0 atom stereocenters. The third-order valence-electron chi connectivity index (χ3n) is 3.33. The molecule has 4 rings (SSSR count). The molecule has 4 aromatic rings. The number of rotatable bonds is 4. The second-order valence-corrected chi connectivity index (χ2v) is 5.96. The van der Waals surface area contributed by atoms with Crippen molar-refractivity contribution in [3.63, 3.8) is 0 Å². The van der Waals surface area contributed by atoms with E-state index in [1.165, 1.54) is 22.8 Å². The summed E-state index contributed by atoms with van der Waals surface area (Å²) in [6, 6.07) is 6.10. The van der Waals surface area contributed by atoms with Crippen molar-refractivity contribution in [2.45, 2.75) is 6.61 Å². The molecule has 1 aromatic carbocycles. The minimum atomic E-state index is -2.90. The van der Waals surface area contributed by atoms with Crippen LogP contribution in [0.3, 0.4) is 0 Å². The van der Waals surface area contributed by atoms with Gasteiger partial charge in [-0.25, -0.2) is 14.5 Å². The summed E-state index contributed by atoms with van der Waals surface area (Å²) in [4.78, 5) is 20.8. The molecule has 1 amide bonds. The first-order valence-corrected chi connectivity index (χ1v) is 7.87. The number of hydrogen-bond donors (Lipinski definition) is 1. The first kappa shape index (κ1) is 15.4. The Labute approximate surface area is 142 Å². The molecule has 25 heavy (non-hydrogen) atoms. The summed E-state index contributed by atoms with van der Waals surface area (Å²) in [5.41, 5.74) is 1.30. The molecular formula is C15H9F2N5O2S. The lowest BCUT2D eigenvalue weighted by molar-refractivity contribution is -0.0497. The molecule has 7 nitrogen and oxygen atoms in total. The van der Waals surface area contributed by atoms with Crippen molar-refractivity contribution in [2.75, 3.05) is 5.32 Å². The number of nitrogens with one attached hydrogen (secondary N) is 1. The van der Waals surface area contributed by atoms with Crippen molar-refractivity contribution in [1.29, 1.82) is 0 Å². The fraction of sp³-hybridized carbons (Fsp3) is 0.0667. The van der Waals surface area contributed by atoms with Crippen LogP contribution >= 0.6 is 11.3 Å². The van der Waals surface area contributed by atoms with E-state index >= 15 is 0 Å². The Morgan fingerprint density at radius 1 is 1.36 bits per heavy atom. The normalized spacial score (nSPS) is 11.3. The number of halogens is 2. The average molecular weight is 361 g/mol. The largest absolute Gasteiger partial charge is 0.435 e. The monoisotopic (exact) mass is 361 g/mol. The highest BCUT2D eigenvalue weighted by atomic mass is 32.1. The quantitative estimate of drug-likeness (QED) is 0.604. The van der Waals surface area contributed by atoms with Crippen LogP contribution in [-0.2, 0) is 0 Å². The summed E-state index contributed by atoms with van der Waals surface area (Å²) in [6.07, 6.45) is 4.66. The van der Waals surface area contributed by atoms with Crippen LogP contribution in [0.1, 0.15) is 10.4 Å². The van der Waals surface area contributed by atoms with Crippen molar-refractivity contribution >= 4 is 38.2 Å². The molecule has 0 aliphatic rings. The van der Waals surface area contributed by atoms with Crippen molar-refractivity contribution < 1.29 is 18.3 Å². The maximum Gasteiger partial charge on any atom is 0.387 e. The van der Waals surface area contributed by atoms with Crippen LogP contribution in [0.5, 0.6) is 5.75 Å². The Bertz CT molecular complexity index is 1080. The van der Waals surface area contributed by atoms with Gasteiger partial charge in [0.1, 0.15) is 11.3 Å². The van der Waals surface area contributed by atoms with Gasteiger partial charge in [-0.15, -0.1) is 0 Å². The molecule has 0 saturated heterocycles. The lowest BCUT2D eigenvalue weighted by Gasteiger charge is -2.02. The SMILES string of the molecule is O=C(Nc1nc2ccc(OC(F)F)cc2s1)c1cnn2cccnc12. The standard InChI is InChI=1S/C15H9F2N5O2S/c16-14(17)24-8-2-3-10-11(6-8)25-15(20-10)21-13(23)9-7-19-22-5-1-4-18-12(9)22/h1-7,14H,(H,20,21,23). The highest BCUT2D eigenvalue weighted by molar-refractivity contribution is 7.22. The third kappa shape index (κ3) is 2.98. The minimum Gasteiger partial charge on any atom is -0.435 e. The van der Waals surface area contributed by atoms with E-state index in [0.29, 0.717) is 26.6 Å². The van der Waals surface area contributed by atoms with E-state index in [9.17, 15) is 13.6 Å². The molecule has 0 aliphatic heterocycles. The summed E-state index contributed by atoms with van der Waals surface area (Å²) >= 11 is 1.15. The van der Waals surface area contributed by atoms with Crippen LogP contribution in [0.2, 0.25) is 0 Å². The smallest absolute Gasteiger partial charge is 0.387 e. The molecule has 0 unspecified atom stereocenters. The molecule has 3 heterocycles. The van der Waals surface area contributed by atoms with Gasteiger partial charge in [-0.05, 0) is 24.3 Å². The van der Waals surface area contributed by atoms with Crippen LogP contribution in [0.15, 0.2) is 42.9 Å². The van der Waals surface area contributed by atoms with Gasteiger partial charge in [-0.3, -0.25) is 10.1 Å². The number of carbonyl (C=O) groups excluding carboxylic acids is 1. The molecule has 3 aromatic heterocycles. The van der Waals surface area contributed by atoms with Gasteiger partial charge in [0.2, 0.25) is 0 Å². The number of hydrogen-bond acceptors (Lipinski definition) is 6. The van der Waals surface area contributed by atoms with Crippen molar-refractivity contribution in [3.05, 3.63) is 48.4 Å². The number of ether oxygens (including phenoxy) is 1. The lowest BCUT2D eigenvalue weighted by Crippen LogP contribution is -2.11. The summed E-state index contributed by atoms with van der Waals surface area (Å²) < 4.78 is 31.0. The highest BCUT2D eigenvalue weighted by Gasteiger charge is 2.16. The Morgan fingerprint density at radius 2 is 2.24 bits per heavy atom. The number of anilines is 1. The zero-order valence-corrected chi connectivity index (χ0v) is 13.2. The van der Waals surface area contributed by atoms with E-state index in [1.54, 1.807) is 24.5 Å². The van der Waals surface area contributed by atoms with E-state index in [0.717, 1.165) is 11.3 Å². The van der Waals surface area contributed by atoms with Crippen LogP contribution in [0.25, 0.3) is 15.9 Å². The number of carbonyl (C=O) groups is 1. The zero-order valence-electron chi connectivity index (χ0n) is 12.4. The number of benzene rings is 1. The molecule has 0 bridgehead atoms. The van der Waals surface area contributed by atoms with Gasteiger partial charge < -0.3 is 4.74 Å². The number of nitrogens with zero attached hydrogens (tertiary/aromatic N) is 4. The first-order chi connectivity index (χ1) is 12.1. The van der Waals surface area contributed by atoms with Gasteiger partial charge in [-0.1, -0.05) is 11.3 Å². The van der Waals surface area contributed by atoms with Gasteiger partial charge in [0.05, 0.1) is 16.4 Å². The number of aromatic nitrogens is 4. The predicted octanol–water partition coefficient (Wildman–Crippen LogP) is 3.19. The zero-order chi connectivity index (χ0) is 17.4. The summed E-state index contributed by atoms with van der Waals surface area (Å²) in [5, 5.41) is 7.06. The molecular weight excluding hydrogens is 352 g/mol. The minimum absolute atomic E-state index is 0.0378. The lowest BCUT2D eigenvalue weighted by atomic mass is 10.3. The van der Waals surface area contributed by atoms with E-state index in [4.69, 9.17) is 0 Å². The molecule has 0 fully saturated rings. The predicted molar refractivity (Wildman–Crippen MR) is 87.2 cm³/mol. The molecule has 0 spiro atoms. The highest BCUT2D eigenvalue weighted by Crippen LogP contribution is 2.30. The Morgan fingerprint density at radius 3 is 3.08 bits per heavy atom. The van der Waals surface area contributed by atoms with Crippen LogP contribution in [0.4, 0.5) is 13.9 Å². The van der Waals surface area contributed by atoms with Gasteiger partial charge in [0.25, 0.3) is 5.91 Å². The Hall–Kier alpha value is -3.14. The van der Waals surface area contributed by atoms with Gasteiger partial charge in [0, 0.05) is 12.4 Å². The van der Waals surface area contributed by atoms with Crippen molar-refractivity contribution in [1.82, 2.24) is 19.6 Å². The fourth-order valence-electron chi connectivity index (χ4n) is 2.29. The van der Waals surface area contributed by atoms with E-state index < -0.39 is 12.5 Å². The number of amides is 1. The molecule has 0 aliphatic carbocycles. The Balaban J connectivity index is 1.60. The number of thiazole rings is 1. The third-order valence-corrected chi connectivity index (χ3v) is 4.26. The summed E-state index contributed by atoms with van der Waals surface area (Å²) in [7, 11) is 0. The Kier molecular flexibility index (Phi) is 3.73. The molecule has 126 valence electrons. The van der Waals surface area contributed by atoms with Crippen molar-refractivity contribution in [2.24, 2.45) is 0 Å². The second-order valence-electron chi connectivity index (χ2n) is 4.93. The topological polar surface area (TPSA) is 81.4 Å². The molecule has 1 N–H and O–H groups in total. The van der Waals surface area contributed by atoms with Crippen LogP contribution in [0, 0.1) is 0 Å². The second kappa shape index (κ2) is 6.06. The average Bonchev–Trinajstić information content (AvgIpc) is 3.17. The van der Waals surface area contributed by atoms with Gasteiger partial charge >= 0.3 is 6.61 Å². The molecule has 10 heteroatoms. The molecule has 0 radical (unpaired) electrons. The van der Waals surface area contributed by atoms with E-state index in [1.807, 2.05) is 0 Å². The van der Waals surface area contributed by atoms with Crippen LogP contribution in [-0.4, -0.2) is 32.1 Å². The van der Waals surface area contributed by atoms with Gasteiger partial charge in [0.15, 0.2) is 10.8 Å². The van der Waals surface area contributed by atoms with E-state index in [2.05, 4.69) is 25.1 Å². The summed E-state index contributed by atoms with van der Waals surface area (Å²) in [5.74, 6) is -0.368. The molecule has 0 saturated carbocycles. The van der Waals surface area contributed by atoms with Crippen LogP contribution < -0.4 is 10.1 Å². The van der Waals surface area contributed by atoms with Crippen molar-refractivity contribution in [3.8, 4) is 5.75 Å². The summed E-state index contributed by atoms with van der Waals surface area (Å²) in [6.45, 7) is -2.90. The fourth-order valence-corrected chi connectivity index (χ4v) is 3.18. The number of fused-ring (bicyclic) bond motifs is 2. The van der Waals surface area contributed by atoms with E-state index in [-0.39, 0.29) is 5.75 Å². The number of alkyl halides is 2.